The molecule has 0 saturated carbocycles. The van der Waals surface area contributed by atoms with Crippen LogP contribution < -0.4 is 10.3 Å². The summed E-state index contributed by atoms with van der Waals surface area (Å²) >= 11 is 2.54. The van der Waals surface area contributed by atoms with Crippen LogP contribution in [0.1, 0.15) is 45.7 Å². The minimum Gasteiger partial charge on any atom is -0.497 e. The lowest BCUT2D eigenvalue weighted by atomic mass is 10.2. The van der Waals surface area contributed by atoms with Gasteiger partial charge in [0.05, 0.1) is 30.9 Å². The summed E-state index contributed by atoms with van der Waals surface area (Å²) in [6.07, 6.45) is 0. The number of hydrogen-bond donors (Lipinski definition) is 1. The minimum atomic E-state index is -0.445. The van der Waals surface area contributed by atoms with Gasteiger partial charge >= 0.3 is 5.97 Å². The predicted molar refractivity (Wildman–Crippen MR) is 125 cm³/mol. The third-order valence-electron chi connectivity index (χ3n) is 4.94. The molecule has 0 amide bonds. The number of H-pyrrole nitrogens is 1. The molecule has 0 bridgehead atoms. The van der Waals surface area contributed by atoms with Crippen LogP contribution in [0.15, 0.2) is 34.2 Å². The first-order valence-electron chi connectivity index (χ1n) is 10.2. The van der Waals surface area contributed by atoms with Crippen molar-refractivity contribution < 1.29 is 14.3 Å². The molecule has 1 aromatic carbocycles. The Labute approximate surface area is 197 Å². The molecule has 33 heavy (non-hydrogen) atoms. The predicted octanol–water partition coefficient (Wildman–Crippen LogP) is 3.37. The number of fused-ring (bicyclic) bond motifs is 1. The van der Waals surface area contributed by atoms with Crippen LogP contribution in [0.5, 0.6) is 5.75 Å². The SMILES string of the molecule is CCOC(=O)c1sc2nc(C(C)Sc3nnnn3Cc3ccc(OC)cc3)[nH]c(=O)c2c1C. The van der Waals surface area contributed by atoms with Crippen LogP contribution in [0.4, 0.5) is 0 Å². The molecule has 10 nitrogen and oxygen atoms in total. The van der Waals surface area contributed by atoms with Crippen molar-refractivity contribution in [3.8, 4) is 5.75 Å². The van der Waals surface area contributed by atoms with Crippen molar-refractivity contribution in [3.63, 3.8) is 0 Å². The molecule has 0 aliphatic carbocycles. The average molecular weight is 487 g/mol. The van der Waals surface area contributed by atoms with Crippen LogP contribution >= 0.6 is 23.1 Å². The maximum Gasteiger partial charge on any atom is 0.348 e. The fourth-order valence-electron chi connectivity index (χ4n) is 3.24. The number of carbonyl (C=O) groups is 1. The molecule has 12 heteroatoms. The average Bonchev–Trinajstić information content (AvgIpc) is 3.38. The molecule has 3 aromatic heterocycles. The van der Waals surface area contributed by atoms with Gasteiger partial charge in [0.25, 0.3) is 5.56 Å². The van der Waals surface area contributed by atoms with Gasteiger partial charge in [0, 0.05) is 0 Å². The van der Waals surface area contributed by atoms with Crippen molar-refractivity contribution in [2.24, 2.45) is 0 Å². The zero-order valence-electron chi connectivity index (χ0n) is 18.5. The Kier molecular flexibility index (Phi) is 6.75. The highest BCUT2D eigenvalue weighted by atomic mass is 32.2. The van der Waals surface area contributed by atoms with Crippen LogP contribution in [0.2, 0.25) is 0 Å². The number of esters is 1. The van der Waals surface area contributed by atoms with Gasteiger partial charge in [0.2, 0.25) is 5.16 Å². The number of thioether (sulfide) groups is 1. The Morgan fingerprint density at radius 3 is 2.76 bits per heavy atom. The number of aryl methyl sites for hydroxylation is 1. The largest absolute Gasteiger partial charge is 0.497 e. The Hall–Kier alpha value is -3.25. The number of aromatic amines is 1. The van der Waals surface area contributed by atoms with E-state index in [1.807, 2.05) is 31.2 Å². The van der Waals surface area contributed by atoms with Gasteiger partial charge in [-0.1, -0.05) is 23.9 Å². The van der Waals surface area contributed by atoms with Crippen molar-refractivity contribution in [2.75, 3.05) is 13.7 Å². The molecular formula is C21H22N6O4S2. The summed E-state index contributed by atoms with van der Waals surface area (Å²) in [6.45, 7) is 6.13. The third-order valence-corrected chi connectivity index (χ3v) is 7.18. The number of carbonyl (C=O) groups excluding carboxylic acids is 1. The molecule has 172 valence electrons. The zero-order chi connectivity index (χ0) is 23.5. The molecule has 0 aliphatic rings. The molecule has 0 aliphatic heterocycles. The lowest BCUT2D eigenvalue weighted by Crippen LogP contribution is -2.13. The highest BCUT2D eigenvalue weighted by Crippen LogP contribution is 2.34. The molecule has 4 aromatic rings. The standard InChI is InChI=1S/C21H22N6O4S2/c1-5-31-20(29)16-11(2)15-18(28)22-17(23-19(15)33-16)12(3)32-21-24-25-26-27(21)10-13-6-8-14(30-4)9-7-13/h6-9,12H,5,10H2,1-4H3,(H,22,23,28). The number of methoxy groups -OCH3 is 1. The van der Waals surface area contributed by atoms with E-state index in [2.05, 4.69) is 25.5 Å². The fraction of sp³-hybridized carbons (Fsp3) is 0.333. The van der Waals surface area contributed by atoms with E-state index >= 15 is 0 Å². The molecule has 0 spiro atoms. The van der Waals surface area contributed by atoms with Gasteiger partial charge in [0.15, 0.2) is 0 Å². The van der Waals surface area contributed by atoms with Crippen LogP contribution in [0, 0.1) is 6.92 Å². The maximum absolute atomic E-state index is 12.8. The lowest BCUT2D eigenvalue weighted by molar-refractivity contribution is 0.0531. The molecule has 0 radical (unpaired) electrons. The third kappa shape index (κ3) is 4.76. The van der Waals surface area contributed by atoms with Gasteiger partial charge in [0.1, 0.15) is 21.3 Å². The number of thiophene rings is 1. The first-order chi connectivity index (χ1) is 15.9. The molecule has 0 saturated heterocycles. The summed E-state index contributed by atoms with van der Waals surface area (Å²) in [5.74, 6) is 0.811. The number of rotatable bonds is 8. The van der Waals surface area contributed by atoms with E-state index in [1.54, 1.807) is 25.6 Å². The molecule has 4 rings (SSSR count). The van der Waals surface area contributed by atoms with Gasteiger partial charge in [-0.25, -0.2) is 14.5 Å². The number of aromatic nitrogens is 6. The highest BCUT2D eigenvalue weighted by Gasteiger charge is 2.22. The van der Waals surface area contributed by atoms with Gasteiger partial charge in [-0.2, -0.15) is 0 Å². The summed E-state index contributed by atoms with van der Waals surface area (Å²) in [4.78, 5) is 33.3. The summed E-state index contributed by atoms with van der Waals surface area (Å²) in [6, 6.07) is 7.66. The van der Waals surface area contributed by atoms with Crippen LogP contribution in [-0.2, 0) is 11.3 Å². The monoisotopic (exact) mass is 486 g/mol. The van der Waals surface area contributed by atoms with Crippen LogP contribution in [-0.4, -0.2) is 49.9 Å². The summed E-state index contributed by atoms with van der Waals surface area (Å²) < 4.78 is 12.0. The molecule has 1 unspecified atom stereocenters. The van der Waals surface area contributed by atoms with Gasteiger partial charge in [-0.15, -0.1) is 16.4 Å². The molecule has 1 N–H and O–H groups in total. The van der Waals surface area contributed by atoms with Gasteiger partial charge in [-0.05, 0) is 54.5 Å². The highest BCUT2D eigenvalue weighted by molar-refractivity contribution is 7.99. The topological polar surface area (TPSA) is 125 Å². The Morgan fingerprint density at radius 2 is 2.06 bits per heavy atom. The van der Waals surface area contributed by atoms with Crippen LogP contribution in [0.25, 0.3) is 10.2 Å². The minimum absolute atomic E-state index is 0.240. The molecule has 3 heterocycles. The van der Waals surface area contributed by atoms with Crippen molar-refractivity contribution >= 4 is 39.3 Å². The first kappa shape index (κ1) is 22.9. The Morgan fingerprint density at radius 1 is 1.30 bits per heavy atom. The summed E-state index contributed by atoms with van der Waals surface area (Å²) in [5.41, 5.74) is 1.31. The number of ether oxygens (including phenoxy) is 2. The van der Waals surface area contributed by atoms with Crippen molar-refractivity contribution in [1.82, 2.24) is 30.2 Å². The summed E-state index contributed by atoms with van der Waals surface area (Å²) in [7, 11) is 1.62. The first-order valence-corrected chi connectivity index (χ1v) is 11.9. The quantitative estimate of drug-likeness (QED) is 0.295. The summed E-state index contributed by atoms with van der Waals surface area (Å²) in [5, 5.41) is 12.8. The second-order valence-corrected chi connectivity index (χ2v) is 9.44. The van der Waals surface area contributed by atoms with E-state index in [-0.39, 0.29) is 17.4 Å². The van der Waals surface area contributed by atoms with Gasteiger partial charge < -0.3 is 14.5 Å². The van der Waals surface area contributed by atoms with E-state index in [9.17, 15) is 9.59 Å². The second kappa shape index (κ2) is 9.71. The lowest BCUT2D eigenvalue weighted by Gasteiger charge is -2.10. The molecule has 0 fully saturated rings. The van der Waals surface area contributed by atoms with Crippen molar-refractivity contribution in [3.05, 3.63) is 56.4 Å². The zero-order valence-corrected chi connectivity index (χ0v) is 20.1. The van der Waals surface area contributed by atoms with Crippen molar-refractivity contribution in [2.45, 2.75) is 37.7 Å². The number of hydrogen-bond acceptors (Lipinski definition) is 10. The number of nitrogens with one attached hydrogen (secondary N) is 1. The Balaban J connectivity index is 1.57. The van der Waals surface area contributed by atoms with E-state index in [0.717, 1.165) is 22.6 Å². The second-order valence-electron chi connectivity index (χ2n) is 7.14. The van der Waals surface area contributed by atoms with E-state index in [0.29, 0.717) is 38.2 Å². The normalized spacial score (nSPS) is 12.1. The number of nitrogens with zero attached hydrogens (tertiary/aromatic N) is 5. The fourth-order valence-corrected chi connectivity index (χ4v) is 5.17. The van der Waals surface area contributed by atoms with Crippen LogP contribution in [0.3, 0.4) is 0 Å². The molecular weight excluding hydrogens is 464 g/mol. The number of benzene rings is 1. The van der Waals surface area contributed by atoms with E-state index in [1.165, 1.54) is 11.8 Å². The number of tetrazole rings is 1. The van der Waals surface area contributed by atoms with Gasteiger partial charge in [-0.3, -0.25) is 4.79 Å². The maximum atomic E-state index is 12.8. The Bertz CT molecular complexity index is 1350. The van der Waals surface area contributed by atoms with Crippen molar-refractivity contribution in [1.29, 1.82) is 0 Å². The van der Waals surface area contributed by atoms with E-state index in [4.69, 9.17) is 9.47 Å². The van der Waals surface area contributed by atoms with E-state index < -0.39 is 5.97 Å². The molecule has 1 atom stereocenters. The smallest absolute Gasteiger partial charge is 0.348 e.